The predicted octanol–water partition coefficient (Wildman–Crippen LogP) is 3.98. The number of nitrogens with zero attached hydrogens (tertiary/aromatic N) is 4. The maximum Gasteiger partial charge on any atom is 0.171 e. The lowest BCUT2D eigenvalue weighted by molar-refractivity contribution is -0.178. The van der Waals surface area contributed by atoms with Crippen molar-refractivity contribution >= 4 is 5.78 Å². The molecule has 0 bridgehead atoms. The summed E-state index contributed by atoms with van der Waals surface area (Å²) in [4.78, 5) is 14.8. The number of fused-ring (bicyclic) bond motifs is 5. The number of rotatable bonds is 6. The average molecular weight is 459 g/mol. The SMILES string of the molecule is CCOC[C@]12CC[C@@](C)(O)C[C@@H]1CC[C@H]1[C@@H]3CC[C@H](C(=O)Cn4nnc(C)n4)C3(C)CC[C@@H]12. The van der Waals surface area contributed by atoms with Crippen molar-refractivity contribution in [2.75, 3.05) is 13.2 Å². The average Bonchev–Trinajstić information content (AvgIpc) is 3.34. The molecule has 5 rings (SSSR count). The van der Waals surface area contributed by atoms with E-state index in [-0.39, 0.29) is 29.1 Å². The third-order valence-corrected chi connectivity index (χ3v) is 10.5. The van der Waals surface area contributed by atoms with E-state index in [9.17, 15) is 9.90 Å². The number of hydrogen-bond acceptors (Lipinski definition) is 6. The molecular weight excluding hydrogens is 416 g/mol. The fraction of sp³-hybridized carbons (Fsp3) is 0.923. The summed E-state index contributed by atoms with van der Waals surface area (Å²) in [5, 5.41) is 23.1. The summed E-state index contributed by atoms with van der Waals surface area (Å²) in [6.45, 7) is 10.2. The molecule has 1 N–H and O–H groups in total. The number of carbonyl (C=O) groups excluding carboxylic acids is 1. The van der Waals surface area contributed by atoms with Gasteiger partial charge in [0.15, 0.2) is 11.6 Å². The smallest absolute Gasteiger partial charge is 0.171 e. The van der Waals surface area contributed by atoms with Gasteiger partial charge in [0, 0.05) is 12.5 Å². The molecule has 7 nitrogen and oxygen atoms in total. The minimum absolute atomic E-state index is 0.0771. The van der Waals surface area contributed by atoms with Gasteiger partial charge >= 0.3 is 0 Å². The first-order chi connectivity index (χ1) is 15.7. The Balaban J connectivity index is 1.37. The molecule has 1 heterocycles. The molecule has 4 aliphatic carbocycles. The van der Waals surface area contributed by atoms with Crippen molar-refractivity contribution in [3.63, 3.8) is 0 Å². The highest BCUT2D eigenvalue weighted by Gasteiger charge is 2.63. The Morgan fingerprint density at radius 2 is 1.94 bits per heavy atom. The molecule has 1 aromatic rings. The molecule has 4 fully saturated rings. The molecule has 1 unspecified atom stereocenters. The van der Waals surface area contributed by atoms with Gasteiger partial charge in [0.2, 0.25) is 0 Å². The number of ketones is 1. The van der Waals surface area contributed by atoms with Gasteiger partial charge in [-0.3, -0.25) is 4.79 Å². The summed E-state index contributed by atoms with van der Waals surface area (Å²) >= 11 is 0. The van der Waals surface area contributed by atoms with Gasteiger partial charge in [-0.15, -0.1) is 10.2 Å². The van der Waals surface area contributed by atoms with Crippen molar-refractivity contribution in [1.82, 2.24) is 20.2 Å². The van der Waals surface area contributed by atoms with Gasteiger partial charge in [-0.1, -0.05) is 6.92 Å². The maximum absolute atomic E-state index is 13.4. The van der Waals surface area contributed by atoms with Gasteiger partial charge < -0.3 is 9.84 Å². The van der Waals surface area contributed by atoms with E-state index in [2.05, 4.69) is 29.3 Å². The highest BCUT2D eigenvalue weighted by molar-refractivity contribution is 5.81. The Kier molecular flexibility index (Phi) is 5.96. The van der Waals surface area contributed by atoms with E-state index in [0.717, 1.165) is 51.7 Å². The second-order valence-electron chi connectivity index (χ2n) is 12.2. The minimum Gasteiger partial charge on any atom is -0.390 e. The van der Waals surface area contributed by atoms with Crippen LogP contribution in [0.1, 0.15) is 84.4 Å². The van der Waals surface area contributed by atoms with Crippen molar-refractivity contribution in [2.45, 2.75) is 97.6 Å². The van der Waals surface area contributed by atoms with Crippen LogP contribution in [0.4, 0.5) is 0 Å². The third kappa shape index (κ3) is 3.87. The van der Waals surface area contributed by atoms with Crippen molar-refractivity contribution in [1.29, 1.82) is 0 Å². The number of aliphatic hydroxyl groups is 1. The second kappa shape index (κ2) is 8.40. The van der Waals surface area contributed by atoms with E-state index in [4.69, 9.17) is 4.74 Å². The van der Waals surface area contributed by atoms with Crippen molar-refractivity contribution in [2.24, 2.45) is 40.4 Å². The molecule has 0 saturated heterocycles. The molecule has 0 spiro atoms. The van der Waals surface area contributed by atoms with Crippen LogP contribution in [0, 0.1) is 47.3 Å². The summed E-state index contributed by atoms with van der Waals surface area (Å²) in [5.74, 6) is 3.49. The summed E-state index contributed by atoms with van der Waals surface area (Å²) < 4.78 is 6.16. The second-order valence-corrected chi connectivity index (χ2v) is 12.2. The van der Waals surface area contributed by atoms with E-state index in [0.29, 0.717) is 29.5 Å². The lowest BCUT2D eigenvalue weighted by atomic mass is 9.43. The molecule has 0 amide bonds. The van der Waals surface area contributed by atoms with Gasteiger partial charge in [-0.25, -0.2) is 0 Å². The van der Waals surface area contributed by atoms with Gasteiger partial charge in [0.1, 0.15) is 6.54 Å². The molecular formula is C26H42N4O3. The first-order valence-electron chi connectivity index (χ1n) is 13.3. The molecule has 0 aliphatic heterocycles. The van der Waals surface area contributed by atoms with Crippen molar-refractivity contribution < 1.29 is 14.6 Å². The first kappa shape index (κ1) is 23.4. The zero-order valence-electron chi connectivity index (χ0n) is 20.9. The maximum atomic E-state index is 13.4. The van der Waals surface area contributed by atoms with Crippen LogP contribution in [-0.2, 0) is 16.1 Å². The number of carbonyl (C=O) groups is 1. The van der Waals surface area contributed by atoms with Crippen molar-refractivity contribution in [3.8, 4) is 0 Å². The van der Waals surface area contributed by atoms with E-state index >= 15 is 0 Å². The highest BCUT2D eigenvalue weighted by Crippen LogP contribution is 2.68. The van der Waals surface area contributed by atoms with Crippen LogP contribution < -0.4 is 0 Å². The van der Waals surface area contributed by atoms with Gasteiger partial charge in [0.25, 0.3) is 0 Å². The zero-order valence-corrected chi connectivity index (χ0v) is 20.9. The van der Waals surface area contributed by atoms with Crippen LogP contribution in [0.5, 0.6) is 0 Å². The molecule has 0 aromatic carbocycles. The minimum atomic E-state index is -0.533. The number of aromatic nitrogens is 4. The molecule has 0 radical (unpaired) electrons. The summed E-state index contributed by atoms with van der Waals surface area (Å²) in [6, 6.07) is 0. The van der Waals surface area contributed by atoms with Gasteiger partial charge in [-0.2, -0.15) is 4.80 Å². The Labute approximate surface area is 198 Å². The molecule has 7 heteroatoms. The van der Waals surface area contributed by atoms with Crippen LogP contribution >= 0.6 is 0 Å². The number of tetrazole rings is 1. The lowest BCUT2D eigenvalue weighted by Crippen LogP contribution is -2.58. The van der Waals surface area contributed by atoms with Crippen LogP contribution in [0.3, 0.4) is 0 Å². The molecule has 4 saturated carbocycles. The monoisotopic (exact) mass is 458 g/mol. The molecule has 33 heavy (non-hydrogen) atoms. The van der Waals surface area contributed by atoms with Crippen LogP contribution in [0.15, 0.2) is 0 Å². The standard InChI is InChI=1S/C26H42N4O3/c1-5-33-16-26-13-12-24(3,32)14-18(26)6-7-19-20-8-9-22(25(20,4)11-10-21(19)26)23(31)15-30-28-17(2)27-29-30/h18-22,32H,5-16H2,1-4H3/t18-,19-,20-,21-,22+,24+,25?,26+/m0/s1. The summed E-state index contributed by atoms with van der Waals surface area (Å²) in [5.41, 5.74) is -0.254. The van der Waals surface area contributed by atoms with Gasteiger partial charge in [-0.05, 0) is 118 Å². The molecule has 8 atom stereocenters. The molecule has 184 valence electrons. The largest absolute Gasteiger partial charge is 0.390 e. The first-order valence-corrected chi connectivity index (χ1v) is 13.3. The lowest BCUT2D eigenvalue weighted by Gasteiger charge is -2.62. The Bertz CT molecular complexity index is 885. The van der Waals surface area contributed by atoms with E-state index in [1.54, 1.807) is 6.92 Å². The fourth-order valence-electron chi connectivity index (χ4n) is 8.98. The van der Waals surface area contributed by atoms with Crippen LogP contribution in [0.25, 0.3) is 0 Å². The topological polar surface area (TPSA) is 90.1 Å². The normalized spacial score (nSPS) is 44.7. The number of hydrogen-bond donors (Lipinski definition) is 1. The number of aryl methyl sites for hydroxylation is 1. The van der Waals surface area contributed by atoms with Gasteiger partial charge in [0.05, 0.1) is 12.2 Å². The number of Topliss-reactive ketones (excluding diaryl/α,β-unsaturated/α-hetero) is 1. The highest BCUT2D eigenvalue weighted by atomic mass is 16.5. The summed E-state index contributed by atoms with van der Waals surface area (Å²) in [7, 11) is 0. The zero-order chi connectivity index (χ0) is 23.4. The Morgan fingerprint density at radius 1 is 1.12 bits per heavy atom. The third-order valence-electron chi connectivity index (χ3n) is 10.5. The molecule has 1 aromatic heterocycles. The molecule has 4 aliphatic rings. The summed E-state index contributed by atoms with van der Waals surface area (Å²) in [6.07, 6.45) is 9.77. The van der Waals surface area contributed by atoms with E-state index < -0.39 is 5.60 Å². The predicted molar refractivity (Wildman–Crippen MR) is 124 cm³/mol. The quantitative estimate of drug-likeness (QED) is 0.694. The van der Waals surface area contributed by atoms with Crippen LogP contribution in [-0.4, -0.2) is 49.9 Å². The Hall–Kier alpha value is -1.34. The van der Waals surface area contributed by atoms with Crippen LogP contribution in [0.2, 0.25) is 0 Å². The van der Waals surface area contributed by atoms with Crippen molar-refractivity contribution in [3.05, 3.63) is 5.82 Å². The Morgan fingerprint density at radius 3 is 2.67 bits per heavy atom. The van der Waals surface area contributed by atoms with E-state index in [1.165, 1.54) is 24.1 Å². The number of ether oxygens (including phenoxy) is 1. The van der Waals surface area contributed by atoms with E-state index in [1.807, 2.05) is 6.92 Å². The fourth-order valence-corrected chi connectivity index (χ4v) is 8.98.